The van der Waals surface area contributed by atoms with Crippen molar-refractivity contribution in [3.63, 3.8) is 0 Å². The number of hydrogen-bond donors (Lipinski definition) is 1. The zero-order chi connectivity index (χ0) is 17.4. The number of thioether (sulfide) groups is 1. The molecule has 0 radical (unpaired) electrons. The molecule has 3 amide bonds. The summed E-state index contributed by atoms with van der Waals surface area (Å²) in [7, 11) is 0. The van der Waals surface area contributed by atoms with Gasteiger partial charge in [0.25, 0.3) is 17.1 Å². The first kappa shape index (κ1) is 16.1. The SMILES string of the molecule is CC1CC(C)(C)N2C(=O)C(=C3SC(=O)NC3=O)c3cc(I)cc1c32. The number of halogens is 1. The smallest absolute Gasteiger partial charge is 0.290 e. The molecular formula is C17H15IN2O3S. The Hall–Kier alpha value is -1.35. The van der Waals surface area contributed by atoms with Gasteiger partial charge in [0.05, 0.1) is 16.2 Å². The van der Waals surface area contributed by atoms with E-state index in [0.29, 0.717) is 11.5 Å². The van der Waals surface area contributed by atoms with Gasteiger partial charge in [0.1, 0.15) is 0 Å². The summed E-state index contributed by atoms with van der Waals surface area (Å²) < 4.78 is 1.02. The molecule has 5 nitrogen and oxygen atoms in total. The van der Waals surface area contributed by atoms with Crippen LogP contribution in [0.4, 0.5) is 10.5 Å². The van der Waals surface area contributed by atoms with E-state index in [4.69, 9.17) is 0 Å². The Balaban J connectivity index is 2.06. The van der Waals surface area contributed by atoms with Crippen molar-refractivity contribution in [2.24, 2.45) is 0 Å². The molecule has 3 heterocycles. The molecule has 1 aromatic carbocycles. The van der Waals surface area contributed by atoms with Gasteiger partial charge >= 0.3 is 0 Å². The average molecular weight is 454 g/mol. The highest BCUT2D eigenvalue weighted by atomic mass is 127. The van der Waals surface area contributed by atoms with Crippen molar-refractivity contribution in [1.29, 1.82) is 0 Å². The zero-order valence-electron chi connectivity index (χ0n) is 13.4. The molecule has 0 aliphatic carbocycles. The highest BCUT2D eigenvalue weighted by Crippen LogP contribution is 2.53. The molecule has 7 heteroatoms. The normalized spacial score (nSPS) is 27.6. The van der Waals surface area contributed by atoms with Crippen molar-refractivity contribution in [2.45, 2.75) is 38.6 Å². The summed E-state index contributed by atoms with van der Waals surface area (Å²) >= 11 is 3.05. The molecule has 1 saturated heterocycles. The lowest BCUT2D eigenvalue weighted by molar-refractivity contribution is -0.116. The average Bonchev–Trinajstić information content (AvgIpc) is 2.92. The second-order valence-corrected chi connectivity index (χ2v) is 9.23. The number of rotatable bonds is 0. The third-order valence-corrected chi connectivity index (χ3v) is 6.30. The predicted molar refractivity (Wildman–Crippen MR) is 102 cm³/mol. The second-order valence-electron chi connectivity index (χ2n) is 7.00. The number of imide groups is 1. The maximum Gasteiger partial charge on any atom is 0.290 e. The monoisotopic (exact) mass is 454 g/mol. The number of hydrogen-bond acceptors (Lipinski definition) is 4. The van der Waals surface area contributed by atoms with Gasteiger partial charge in [-0.1, -0.05) is 6.92 Å². The number of anilines is 1. The Kier molecular flexibility index (Phi) is 3.41. The molecule has 0 saturated carbocycles. The van der Waals surface area contributed by atoms with Gasteiger partial charge in [-0.25, -0.2) is 0 Å². The van der Waals surface area contributed by atoms with Crippen molar-refractivity contribution < 1.29 is 14.4 Å². The lowest BCUT2D eigenvalue weighted by Crippen LogP contribution is -2.49. The molecule has 3 aliphatic rings. The minimum Gasteiger partial charge on any atom is -0.302 e. The minimum absolute atomic E-state index is 0.183. The van der Waals surface area contributed by atoms with Crippen LogP contribution in [-0.4, -0.2) is 22.6 Å². The Bertz CT molecular complexity index is 875. The van der Waals surface area contributed by atoms with Gasteiger partial charge in [0.2, 0.25) is 0 Å². The van der Waals surface area contributed by atoms with E-state index in [1.165, 1.54) is 0 Å². The molecule has 3 aliphatic heterocycles. The number of nitrogens with zero attached hydrogens (tertiary/aromatic N) is 1. The Morgan fingerprint density at radius 3 is 2.62 bits per heavy atom. The topological polar surface area (TPSA) is 66.5 Å². The van der Waals surface area contributed by atoms with Crippen LogP contribution in [-0.2, 0) is 9.59 Å². The van der Waals surface area contributed by atoms with Gasteiger partial charge in [0, 0.05) is 14.7 Å². The molecule has 1 atom stereocenters. The van der Waals surface area contributed by atoms with Gasteiger partial charge in [-0.05, 0) is 78.2 Å². The van der Waals surface area contributed by atoms with Crippen molar-refractivity contribution in [3.8, 4) is 0 Å². The largest absolute Gasteiger partial charge is 0.302 e. The molecule has 1 unspecified atom stereocenters. The second kappa shape index (κ2) is 5.08. The Morgan fingerprint density at radius 1 is 1.29 bits per heavy atom. The summed E-state index contributed by atoms with van der Waals surface area (Å²) in [4.78, 5) is 39.0. The van der Waals surface area contributed by atoms with Crippen LogP contribution < -0.4 is 10.2 Å². The third kappa shape index (κ3) is 2.10. The van der Waals surface area contributed by atoms with Crippen LogP contribution in [0.2, 0.25) is 0 Å². The number of nitrogens with one attached hydrogen (secondary N) is 1. The van der Waals surface area contributed by atoms with Crippen LogP contribution in [0.5, 0.6) is 0 Å². The summed E-state index contributed by atoms with van der Waals surface area (Å²) in [5.41, 5.74) is 2.83. The quantitative estimate of drug-likeness (QED) is 0.481. The van der Waals surface area contributed by atoms with Gasteiger partial charge in [-0.2, -0.15) is 0 Å². The van der Waals surface area contributed by atoms with E-state index in [0.717, 1.165) is 38.6 Å². The molecule has 0 aromatic heterocycles. The first-order chi connectivity index (χ1) is 11.2. The van der Waals surface area contributed by atoms with Crippen LogP contribution in [0.3, 0.4) is 0 Å². The van der Waals surface area contributed by atoms with E-state index in [2.05, 4.69) is 40.9 Å². The lowest BCUT2D eigenvalue weighted by atomic mass is 9.80. The number of benzene rings is 1. The van der Waals surface area contributed by atoms with E-state index >= 15 is 0 Å². The predicted octanol–water partition coefficient (Wildman–Crippen LogP) is 3.62. The van der Waals surface area contributed by atoms with E-state index in [9.17, 15) is 14.4 Å². The van der Waals surface area contributed by atoms with E-state index in [-0.39, 0.29) is 16.4 Å². The molecule has 0 bridgehead atoms. The highest BCUT2D eigenvalue weighted by Gasteiger charge is 2.49. The fourth-order valence-electron chi connectivity index (χ4n) is 3.99. The maximum absolute atomic E-state index is 13.2. The summed E-state index contributed by atoms with van der Waals surface area (Å²) in [5.74, 6) is -0.340. The van der Waals surface area contributed by atoms with Crippen LogP contribution in [0, 0.1) is 3.57 Å². The standard InChI is InChI=1S/C17H15IN2O3S/c1-7-6-17(2,3)20-12-9(7)4-8(18)5-10(12)11(15(20)22)13-14(21)19-16(23)24-13/h4-5,7H,6H2,1-3H3,(H,19,21,23). The molecule has 124 valence electrons. The fourth-order valence-corrected chi connectivity index (χ4v) is 5.41. The van der Waals surface area contributed by atoms with Crippen LogP contribution in [0.25, 0.3) is 5.57 Å². The molecule has 1 aromatic rings. The molecular weight excluding hydrogens is 439 g/mol. The van der Waals surface area contributed by atoms with E-state index in [1.807, 2.05) is 24.8 Å². The first-order valence-corrected chi connectivity index (χ1v) is 9.56. The first-order valence-electron chi connectivity index (χ1n) is 7.66. The van der Waals surface area contributed by atoms with Crippen LogP contribution in [0.1, 0.15) is 44.2 Å². The van der Waals surface area contributed by atoms with Crippen molar-refractivity contribution in [1.82, 2.24) is 5.32 Å². The minimum atomic E-state index is -0.480. The van der Waals surface area contributed by atoms with Gasteiger partial charge in [0.15, 0.2) is 0 Å². The number of amides is 3. The third-order valence-electron chi connectivity index (χ3n) is 4.80. The molecule has 0 spiro atoms. The molecule has 1 N–H and O–H groups in total. The lowest BCUT2D eigenvalue weighted by Gasteiger charge is -2.43. The zero-order valence-corrected chi connectivity index (χ0v) is 16.4. The molecule has 4 rings (SSSR count). The fraction of sp³-hybridized carbons (Fsp3) is 0.353. The summed E-state index contributed by atoms with van der Waals surface area (Å²) in [6.07, 6.45) is 0.853. The highest BCUT2D eigenvalue weighted by molar-refractivity contribution is 14.1. The maximum atomic E-state index is 13.2. The summed E-state index contributed by atoms with van der Waals surface area (Å²) in [6.45, 7) is 6.26. The Labute approximate surface area is 157 Å². The van der Waals surface area contributed by atoms with Gasteiger partial charge in [-0.3, -0.25) is 19.7 Å². The molecule has 1 fully saturated rings. The summed E-state index contributed by atoms with van der Waals surface area (Å²) in [5, 5.41) is 1.83. The van der Waals surface area contributed by atoms with Crippen LogP contribution in [0.15, 0.2) is 17.0 Å². The van der Waals surface area contributed by atoms with Crippen LogP contribution >= 0.6 is 34.4 Å². The Morgan fingerprint density at radius 2 is 2.00 bits per heavy atom. The van der Waals surface area contributed by atoms with Gasteiger partial charge < -0.3 is 4.90 Å². The van der Waals surface area contributed by atoms with Crippen molar-refractivity contribution in [3.05, 3.63) is 31.7 Å². The summed E-state index contributed by atoms with van der Waals surface area (Å²) in [6, 6.07) is 4.05. The van der Waals surface area contributed by atoms with E-state index < -0.39 is 11.1 Å². The molecule has 24 heavy (non-hydrogen) atoms. The van der Waals surface area contributed by atoms with Gasteiger partial charge in [-0.15, -0.1) is 0 Å². The van der Waals surface area contributed by atoms with Crippen molar-refractivity contribution in [2.75, 3.05) is 4.90 Å². The number of carbonyl (C=O) groups is 3. The van der Waals surface area contributed by atoms with E-state index in [1.54, 1.807) is 0 Å². The van der Waals surface area contributed by atoms with Crippen molar-refractivity contribution >= 4 is 62.7 Å². The number of carbonyl (C=O) groups excluding carboxylic acids is 3.